The van der Waals surface area contributed by atoms with E-state index in [2.05, 4.69) is 41.8 Å². The fourth-order valence-electron chi connectivity index (χ4n) is 1.63. The fraction of sp³-hybridized carbons (Fsp3) is 0.500. The summed E-state index contributed by atoms with van der Waals surface area (Å²) in [5, 5.41) is 5.73. The van der Waals surface area contributed by atoms with Crippen molar-refractivity contribution in [3.05, 3.63) is 35.4 Å². The van der Waals surface area contributed by atoms with Crippen LogP contribution in [-0.4, -0.2) is 12.1 Å². The minimum absolute atomic E-state index is 0.0275. The van der Waals surface area contributed by atoms with Gasteiger partial charge < -0.3 is 10.6 Å². The minimum Gasteiger partial charge on any atom is -0.336 e. The number of hydrogen-bond acceptors (Lipinski definition) is 1. The molecule has 94 valence electrons. The van der Waals surface area contributed by atoms with Crippen molar-refractivity contribution in [3.63, 3.8) is 0 Å². The average Bonchev–Trinajstić information content (AvgIpc) is 2.28. The Bertz CT molecular complexity index is 357. The number of urea groups is 1. The largest absolute Gasteiger partial charge is 0.336 e. The van der Waals surface area contributed by atoms with Gasteiger partial charge in [-0.2, -0.15) is 0 Å². The Morgan fingerprint density at radius 2 is 1.71 bits per heavy atom. The average molecular weight is 234 g/mol. The predicted octanol–water partition coefficient (Wildman–Crippen LogP) is 3.02. The van der Waals surface area contributed by atoms with Crippen LogP contribution in [0.2, 0.25) is 0 Å². The molecule has 0 heterocycles. The molecule has 0 aromatic heterocycles. The first-order valence-electron chi connectivity index (χ1n) is 6.18. The highest BCUT2D eigenvalue weighted by Crippen LogP contribution is 2.13. The Balaban J connectivity index is 2.56. The van der Waals surface area contributed by atoms with Gasteiger partial charge in [0.05, 0.1) is 6.04 Å². The topological polar surface area (TPSA) is 41.1 Å². The van der Waals surface area contributed by atoms with Gasteiger partial charge in [0.25, 0.3) is 0 Å². The smallest absolute Gasteiger partial charge is 0.315 e. The summed E-state index contributed by atoms with van der Waals surface area (Å²) in [6, 6.07) is 8.41. The molecule has 0 spiro atoms. The van der Waals surface area contributed by atoms with Gasteiger partial charge in [-0.25, -0.2) is 4.79 Å². The molecule has 1 atom stereocenters. The summed E-state index contributed by atoms with van der Waals surface area (Å²) in [7, 11) is 0. The van der Waals surface area contributed by atoms with Crippen LogP contribution in [0.3, 0.4) is 0 Å². The number of carbonyl (C=O) groups excluding carboxylic acids is 1. The standard InChI is InChI=1S/C14H22N2O/c1-5-12-6-8-13(9-7-12)11(4)16-14(17)15-10(2)3/h6-11H,5H2,1-4H3,(H2,15,16,17). The highest BCUT2D eigenvalue weighted by molar-refractivity contribution is 5.74. The van der Waals surface area contributed by atoms with Gasteiger partial charge in [-0.05, 0) is 38.3 Å². The van der Waals surface area contributed by atoms with Gasteiger partial charge in [0.2, 0.25) is 0 Å². The lowest BCUT2D eigenvalue weighted by molar-refractivity contribution is 0.235. The second-order valence-electron chi connectivity index (χ2n) is 4.59. The maximum atomic E-state index is 11.5. The number of aryl methyl sites for hydroxylation is 1. The lowest BCUT2D eigenvalue weighted by Crippen LogP contribution is -2.40. The van der Waals surface area contributed by atoms with Crippen molar-refractivity contribution < 1.29 is 4.79 Å². The number of hydrogen-bond donors (Lipinski definition) is 2. The molecule has 0 aliphatic heterocycles. The molecule has 17 heavy (non-hydrogen) atoms. The van der Waals surface area contributed by atoms with Gasteiger partial charge in [0.15, 0.2) is 0 Å². The summed E-state index contributed by atoms with van der Waals surface area (Å²) in [4.78, 5) is 11.5. The normalized spacial score (nSPS) is 12.3. The summed E-state index contributed by atoms with van der Waals surface area (Å²) in [5.41, 5.74) is 2.44. The molecular weight excluding hydrogens is 212 g/mol. The molecule has 0 bridgehead atoms. The van der Waals surface area contributed by atoms with E-state index >= 15 is 0 Å². The van der Waals surface area contributed by atoms with E-state index < -0.39 is 0 Å². The van der Waals surface area contributed by atoms with Crippen LogP contribution in [0, 0.1) is 0 Å². The first-order chi connectivity index (χ1) is 8.02. The van der Waals surface area contributed by atoms with Gasteiger partial charge in [0, 0.05) is 6.04 Å². The Morgan fingerprint density at radius 1 is 1.12 bits per heavy atom. The van der Waals surface area contributed by atoms with Crippen LogP contribution in [0.4, 0.5) is 4.79 Å². The fourth-order valence-corrected chi connectivity index (χ4v) is 1.63. The molecule has 1 rings (SSSR count). The zero-order chi connectivity index (χ0) is 12.8. The molecule has 0 fully saturated rings. The minimum atomic E-state index is -0.118. The molecule has 2 N–H and O–H groups in total. The van der Waals surface area contributed by atoms with E-state index in [4.69, 9.17) is 0 Å². The third kappa shape index (κ3) is 4.47. The van der Waals surface area contributed by atoms with Gasteiger partial charge in [0.1, 0.15) is 0 Å². The Hall–Kier alpha value is -1.51. The van der Waals surface area contributed by atoms with Crippen molar-refractivity contribution >= 4 is 6.03 Å². The van der Waals surface area contributed by atoms with Crippen molar-refractivity contribution in [2.75, 3.05) is 0 Å². The summed E-state index contributed by atoms with van der Waals surface area (Å²) < 4.78 is 0. The quantitative estimate of drug-likeness (QED) is 0.826. The highest BCUT2D eigenvalue weighted by Gasteiger charge is 2.09. The van der Waals surface area contributed by atoms with Crippen molar-refractivity contribution in [2.24, 2.45) is 0 Å². The molecule has 1 aromatic rings. The summed E-state index contributed by atoms with van der Waals surface area (Å²) in [5.74, 6) is 0. The van der Waals surface area contributed by atoms with Crippen LogP contribution in [0.15, 0.2) is 24.3 Å². The summed E-state index contributed by atoms with van der Waals surface area (Å²) in [6.07, 6.45) is 1.04. The van der Waals surface area contributed by atoms with E-state index in [0.29, 0.717) is 0 Å². The third-order valence-corrected chi connectivity index (χ3v) is 2.66. The molecule has 1 aromatic carbocycles. The van der Waals surface area contributed by atoms with E-state index in [0.717, 1.165) is 12.0 Å². The first kappa shape index (κ1) is 13.6. The lowest BCUT2D eigenvalue weighted by Gasteiger charge is -2.16. The Labute approximate surface area is 104 Å². The predicted molar refractivity (Wildman–Crippen MR) is 71.0 cm³/mol. The van der Waals surface area contributed by atoms with E-state index in [9.17, 15) is 4.79 Å². The second kappa shape index (κ2) is 6.28. The zero-order valence-corrected chi connectivity index (χ0v) is 11.1. The Morgan fingerprint density at radius 3 is 2.18 bits per heavy atom. The van der Waals surface area contributed by atoms with E-state index in [1.807, 2.05) is 20.8 Å². The molecule has 0 aliphatic rings. The molecule has 1 unspecified atom stereocenters. The van der Waals surface area contributed by atoms with Gasteiger partial charge in [-0.15, -0.1) is 0 Å². The molecule has 3 nitrogen and oxygen atoms in total. The number of amides is 2. The van der Waals surface area contributed by atoms with Crippen LogP contribution in [0.25, 0.3) is 0 Å². The maximum absolute atomic E-state index is 11.5. The van der Waals surface area contributed by atoms with Crippen LogP contribution in [0.5, 0.6) is 0 Å². The second-order valence-corrected chi connectivity index (χ2v) is 4.59. The van der Waals surface area contributed by atoms with Crippen molar-refractivity contribution in [3.8, 4) is 0 Å². The van der Waals surface area contributed by atoms with Crippen LogP contribution in [0.1, 0.15) is 44.9 Å². The lowest BCUT2D eigenvalue weighted by atomic mass is 10.1. The third-order valence-electron chi connectivity index (χ3n) is 2.66. The number of carbonyl (C=O) groups is 1. The maximum Gasteiger partial charge on any atom is 0.315 e. The number of nitrogens with one attached hydrogen (secondary N) is 2. The highest BCUT2D eigenvalue weighted by atomic mass is 16.2. The van der Waals surface area contributed by atoms with E-state index in [1.165, 1.54) is 5.56 Å². The Kier molecular flexibility index (Phi) is 5.01. The van der Waals surface area contributed by atoms with Gasteiger partial charge >= 0.3 is 6.03 Å². The van der Waals surface area contributed by atoms with Gasteiger partial charge in [-0.3, -0.25) is 0 Å². The summed E-state index contributed by atoms with van der Waals surface area (Å²) >= 11 is 0. The van der Waals surface area contributed by atoms with Crippen LogP contribution < -0.4 is 10.6 Å². The van der Waals surface area contributed by atoms with Gasteiger partial charge in [-0.1, -0.05) is 31.2 Å². The molecule has 3 heteroatoms. The molecule has 0 radical (unpaired) electrons. The molecule has 0 saturated carbocycles. The number of rotatable bonds is 4. The van der Waals surface area contributed by atoms with Crippen molar-refractivity contribution in [1.82, 2.24) is 10.6 Å². The molecule has 2 amide bonds. The molecule has 0 saturated heterocycles. The SMILES string of the molecule is CCc1ccc(C(C)NC(=O)NC(C)C)cc1. The van der Waals surface area contributed by atoms with Crippen molar-refractivity contribution in [1.29, 1.82) is 0 Å². The zero-order valence-electron chi connectivity index (χ0n) is 11.1. The molecular formula is C14H22N2O. The number of benzene rings is 1. The first-order valence-corrected chi connectivity index (χ1v) is 6.18. The van der Waals surface area contributed by atoms with Crippen LogP contribution in [-0.2, 0) is 6.42 Å². The molecule has 0 aliphatic carbocycles. The van der Waals surface area contributed by atoms with E-state index in [-0.39, 0.29) is 18.1 Å². The monoisotopic (exact) mass is 234 g/mol. The van der Waals surface area contributed by atoms with Crippen molar-refractivity contribution in [2.45, 2.75) is 46.2 Å². The van der Waals surface area contributed by atoms with E-state index in [1.54, 1.807) is 0 Å². The summed E-state index contributed by atoms with van der Waals surface area (Å²) in [6.45, 7) is 8.01. The van der Waals surface area contributed by atoms with Crippen LogP contribution >= 0.6 is 0 Å².